The quantitative estimate of drug-likeness (QED) is 0.718. The Kier molecular flexibility index (Phi) is 3.75. The number of rotatable bonds is 5. The number of pyridine rings is 1. The molecule has 2 N–H and O–H groups in total. The van der Waals surface area contributed by atoms with E-state index in [-0.39, 0.29) is 0 Å². The third-order valence-electron chi connectivity index (χ3n) is 5.73. The first-order valence-corrected chi connectivity index (χ1v) is 9.49. The van der Waals surface area contributed by atoms with Crippen LogP contribution < -0.4 is 15.5 Å². The first-order chi connectivity index (χ1) is 13.1. The average Bonchev–Trinajstić information content (AvgIpc) is 3.00. The summed E-state index contributed by atoms with van der Waals surface area (Å²) in [6.45, 7) is 6.34. The van der Waals surface area contributed by atoms with E-state index in [2.05, 4.69) is 48.9 Å². The van der Waals surface area contributed by atoms with E-state index in [1.165, 1.54) is 0 Å². The van der Waals surface area contributed by atoms with Gasteiger partial charge >= 0.3 is 0 Å². The summed E-state index contributed by atoms with van der Waals surface area (Å²) >= 11 is 0. The number of imidazole rings is 1. The summed E-state index contributed by atoms with van der Waals surface area (Å²) in [5, 5.41) is 6.70. The van der Waals surface area contributed by atoms with Crippen molar-refractivity contribution in [2.24, 2.45) is 11.8 Å². The van der Waals surface area contributed by atoms with E-state index in [1.54, 1.807) is 12.4 Å². The van der Waals surface area contributed by atoms with E-state index in [1.807, 2.05) is 25.5 Å². The van der Waals surface area contributed by atoms with Crippen molar-refractivity contribution in [1.82, 2.24) is 29.8 Å². The van der Waals surface area contributed by atoms with E-state index < -0.39 is 0 Å². The van der Waals surface area contributed by atoms with Gasteiger partial charge in [0.2, 0.25) is 5.95 Å². The van der Waals surface area contributed by atoms with E-state index in [0.29, 0.717) is 12.1 Å². The molecule has 8 heteroatoms. The van der Waals surface area contributed by atoms with Crippen molar-refractivity contribution in [3.63, 3.8) is 0 Å². The molecule has 8 nitrogen and oxygen atoms in total. The SMILES string of the molecule is CNC1[C@H]2CN(c3nccc(Nc4cc5c(cn4)ncn5C(C)C)n3)C[C@@H]12. The number of hydrogen-bond donors (Lipinski definition) is 2. The molecule has 1 aliphatic carbocycles. The van der Waals surface area contributed by atoms with E-state index in [0.717, 1.165) is 53.5 Å². The van der Waals surface area contributed by atoms with Crippen LogP contribution in [0.15, 0.2) is 30.9 Å². The maximum absolute atomic E-state index is 4.70. The van der Waals surface area contributed by atoms with Crippen molar-refractivity contribution in [3.8, 4) is 0 Å². The van der Waals surface area contributed by atoms with Gasteiger partial charge in [-0.3, -0.25) is 0 Å². The second-order valence-electron chi connectivity index (χ2n) is 7.72. The lowest BCUT2D eigenvalue weighted by Gasteiger charge is -2.20. The molecule has 2 aliphatic rings. The number of fused-ring (bicyclic) bond motifs is 2. The van der Waals surface area contributed by atoms with Crippen molar-refractivity contribution in [1.29, 1.82) is 0 Å². The van der Waals surface area contributed by atoms with Crippen molar-refractivity contribution in [3.05, 3.63) is 30.9 Å². The number of hydrogen-bond acceptors (Lipinski definition) is 7. The minimum absolute atomic E-state index is 0.346. The normalized spacial score (nSPS) is 23.9. The van der Waals surface area contributed by atoms with Crippen molar-refractivity contribution in [2.75, 3.05) is 30.4 Å². The molecular formula is C19H24N8. The summed E-state index contributed by atoms with van der Waals surface area (Å²) < 4.78 is 2.14. The van der Waals surface area contributed by atoms with Crippen LogP contribution in [0, 0.1) is 11.8 Å². The topological polar surface area (TPSA) is 83.8 Å². The van der Waals surface area contributed by atoms with Crippen LogP contribution in [0.25, 0.3) is 11.0 Å². The first-order valence-electron chi connectivity index (χ1n) is 9.49. The Hall–Kier alpha value is -2.74. The lowest BCUT2D eigenvalue weighted by Crippen LogP contribution is -2.30. The Bertz CT molecular complexity index is 969. The highest BCUT2D eigenvalue weighted by atomic mass is 15.3. The van der Waals surface area contributed by atoms with Crippen molar-refractivity contribution in [2.45, 2.75) is 25.9 Å². The van der Waals surface area contributed by atoms with Gasteiger partial charge in [0.25, 0.3) is 0 Å². The summed E-state index contributed by atoms with van der Waals surface area (Å²) in [5.41, 5.74) is 1.96. The standard InChI is InChI=1S/C19H24N8/c1-11(2)27-10-23-14-7-22-17(6-15(14)27)24-16-4-5-21-19(25-16)26-8-12-13(9-26)18(12)20-3/h4-7,10-13,18,20H,8-9H2,1-3H3,(H,21,22,24,25)/t12-,13+,18?. The summed E-state index contributed by atoms with van der Waals surface area (Å²) in [5.74, 6) is 3.77. The van der Waals surface area contributed by atoms with Gasteiger partial charge < -0.3 is 20.1 Å². The molecule has 0 radical (unpaired) electrons. The van der Waals surface area contributed by atoms with Gasteiger partial charge in [-0.1, -0.05) is 0 Å². The molecular weight excluding hydrogens is 340 g/mol. The second-order valence-corrected chi connectivity index (χ2v) is 7.72. The van der Waals surface area contributed by atoms with Crippen LogP contribution in [0.3, 0.4) is 0 Å². The molecule has 0 bridgehead atoms. The van der Waals surface area contributed by atoms with Gasteiger partial charge in [-0.25, -0.2) is 15.0 Å². The zero-order valence-corrected chi connectivity index (χ0v) is 15.8. The zero-order chi connectivity index (χ0) is 18.5. The molecule has 3 atom stereocenters. The molecule has 140 valence electrons. The number of nitrogens with one attached hydrogen (secondary N) is 2. The van der Waals surface area contributed by atoms with Gasteiger partial charge in [-0.2, -0.15) is 4.98 Å². The maximum Gasteiger partial charge on any atom is 0.227 e. The molecule has 1 saturated carbocycles. The fourth-order valence-electron chi connectivity index (χ4n) is 4.23. The number of piperidine rings is 1. The molecule has 3 aromatic heterocycles. The number of nitrogens with zero attached hydrogens (tertiary/aromatic N) is 6. The van der Waals surface area contributed by atoms with Crippen molar-refractivity contribution >= 4 is 28.6 Å². The van der Waals surface area contributed by atoms with E-state index in [9.17, 15) is 0 Å². The summed E-state index contributed by atoms with van der Waals surface area (Å²) in [6, 6.07) is 4.91. The number of aromatic nitrogens is 5. The Morgan fingerprint density at radius 1 is 1.11 bits per heavy atom. The number of anilines is 3. The van der Waals surface area contributed by atoms with E-state index in [4.69, 9.17) is 4.98 Å². The zero-order valence-electron chi connectivity index (χ0n) is 15.8. The second kappa shape index (κ2) is 6.16. The monoisotopic (exact) mass is 364 g/mol. The van der Waals surface area contributed by atoms with Crippen LogP contribution in [-0.4, -0.2) is 50.7 Å². The molecule has 5 rings (SSSR count). The largest absolute Gasteiger partial charge is 0.340 e. The van der Waals surface area contributed by atoms with Gasteiger partial charge in [-0.15, -0.1) is 0 Å². The molecule has 27 heavy (non-hydrogen) atoms. The summed E-state index contributed by atoms with van der Waals surface area (Å²) in [4.78, 5) is 20.3. The summed E-state index contributed by atoms with van der Waals surface area (Å²) in [7, 11) is 2.05. The van der Waals surface area contributed by atoms with Gasteiger partial charge in [0.15, 0.2) is 0 Å². The van der Waals surface area contributed by atoms with Crippen LogP contribution in [0.4, 0.5) is 17.6 Å². The van der Waals surface area contributed by atoms with Crippen molar-refractivity contribution < 1.29 is 0 Å². The van der Waals surface area contributed by atoms with E-state index >= 15 is 0 Å². The maximum atomic E-state index is 4.70. The summed E-state index contributed by atoms with van der Waals surface area (Å²) in [6.07, 6.45) is 5.46. The highest BCUT2D eigenvalue weighted by Crippen LogP contribution is 2.45. The predicted molar refractivity (Wildman–Crippen MR) is 105 cm³/mol. The van der Waals surface area contributed by atoms with Crippen LogP contribution in [-0.2, 0) is 0 Å². The molecule has 0 amide bonds. The predicted octanol–water partition coefficient (Wildman–Crippen LogP) is 2.20. The Labute approximate surface area is 158 Å². The van der Waals surface area contributed by atoms with Gasteiger partial charge in [0.05, 0.1) is 18.0 Å². The van der Waals surface area contributed by atoms with Crippen LogP contribution in [0.5, 0.6) is 0 Å². The Morgan fingerprint density at radius 2 is 1.93 bits per heavy atom. The lowest BCUT2D eigenvalue weighted by atomic mass is 10.3. The molecule has 1 aliphatic heterocycles. The van der Waals surface area contributed by atoms with Crippen LogP contribution in [0.1, 0.15) is 19.9 Å². The highest BCUT2D eigenvalue weighted by Gasteiger charge is 2.55. The molecule has 4 heterocycles. The highest BCUT2D eigenvalue weighted by molar-refractivity contribution is 5.78. The molecule has 0 spiro atoms. The average molecular weight is 364 g/mol. The lowest BCUT2D eigenvalue weighted by molar-refractivity contribution is 0.617. The minimum Gasteiger partial charge on any atom is -0.340 e. The molecule has 1 unspecified atom stereocenters. The fraction of sp³-hybridized carbons (Fsp3) is 0.474. The third kappa shape index (κ3) is 2.80. The Morgan fingerprint density at radius 3 is 2.67 bits per heavy atom. The van der Waals surface area contributed by atoms with Crippen LogP contribution >= 0.6 is 0 Å². The smallest absolute Gasteiger partial charge is 0.227 e. The third-order valence-corrected chi connectivity index (χ3v) is 5.73. The van der Waals surface area contributed by atoms with Gasteiger partial charge in [0.1, 0.15) is 17.2 Å². The van der Waals surface area contributed by atoms with Gasteiger partial charge in [0, 0.05) is 37.4 Å². The molecule has 0 aromatic carbocycles. The minimum atomic E-state index is 0.346. The first kappa shape index (κ1) is 16.4. The molecule has 3 aromatic rings. The molecule has 2 fully saturated rings. The van der Waals surface area contributed by atoms with Gasteiger partial charge in [-0.05, 0) is 38.8 Å². The fourth-order valence-corrected chi connectivity index (χ4v) is 4.23. The molecule has 1 saturated heterocycles. The van der Waals surface area contributed by atoms with Crippen LogP contribution in [0.2, 0.25) is 0 Å². The Balaban J connectivity index is 1.35.